The van der Waals surface area contributed by atoms with Gasteiger partial charge in [-0.1, -0.05) is 20.3 Å². The van der Waals surface area contributed by atoms with Crippen LogP contribution in [-0.2, 0) is 9.53 Å². The van der Waals surface area contributed by atoms with Crippen molar-refractivity contribution in [3.05, 3.63) is 0 Å². The van der Waals surface area contributed by atoms with E-state index in [9.17, 15) is 4.79 Å². The molecule has 2 N–H and O–H groups in total. The Hall–Kier alpha value is -0.570. The second-order valence-electron chi connectivity index (χ2n) is 4.86. The van der Waals surface area contributed by atoms with Crippen LogP contribution >= 0.6 is 0 Å². The van der Waals surface area contributed by atoms with E-state index in [-0.39, 0.29) is 18.1 Å². The minimum Gasteiger partial charge on any atom is -0.462 e. The summed E-state index contributed by atoms with van der Waals surface area (Å²) in [5.41, 5.74) is 5.82. The highest BCUT2D eigenvalue weighted by Gasteiger charge is 2.20. The van der Waals surface area contributed by atoms with Crippen LogP contribution in [0.1, 0.15) is 52.4 Å². The van der Waals surface area contributed by atoms with Crippen LogP contribution in [0, 0.1) is 5.92 Å². The molecule has 1 saturated carbocycles. The van der Waals surface area contributed by atoms with Gasteiger partial charge in [0.25, 0.3) is 0 Å². The monoisotopic (exact) mass is 213 g/mol. The summed E-state index contributed by atoms with van der Waals surface area (Å²) in [6, 6.07) is -0.0684. The van der Waals surface area contributed by atoms with Gasteiger partial charge in [0.1, 0.15) is 6.10 Å². The first-order valence-corrected chi connectivity index (χ1v) is 6.04. The van der Waals surface area contributed by atoms with Gasteiger partial charge in [-0.2, -0.15) is 0 Å². The third-order valence-corrected chi connectivity index (χ3v) is 3.11. The van der Waals surface area contributed by atoms with E-state index in [1.54, 1.807) is 0 Å². The zero-order chi connectivity index (χ0) is 11.3. The summed E-state index contributed by atoms with van der Waals surface area (Å²) in [5, 5.41) is 0. The average molecular weight is 213 g/mol. The molecule has 1 fully saturated rings. The Bertz CT molecular complexity index is 198. The molecule has 0 bridgehead atoms. The maximum Gasteiger partial charge on any atom is 0.307 e. The fourth-order valence-corrected chi connectivity index (χ4v) is 1.85. The lowest BCUT2D eigenvalue weighted by Crippen LogP contribution is -2.31. The maximum atomic E-state index is 11.5. The molecule has 0 aliphatic heterocycles. The SMILES string of the molecule is CC(C)C(N)CC(=O)OC1CCCCC1. The van der Waals surface area contributed by atoms with Crippen molar-refractivity contribution in [2.24, 2.45) is 11.7 Å². The Morgan fingerprint density at radius 2 is 1.93 bits per heavy atom. The Balaban J connectivity index is 2.22. The average Bonchev–Trinajstić information content (AvgIpc) is 2.18. The fraction of sp³-hybridized carbons (Fsp3) is 0.917. The molecule has 0 aromatic heterocycles. The predicted octanol–water partition coefficient (Wildman–Crippen LogP) is 2.24. The van der Waals surface area contributed by atoms with E-state index in [2.05, 4.69) is 0 Å². The smallest absolute Gasteiger partial charge is 0.307 e. The largest absolute Gasteiger partial charge is 0.462 e. The van der Waals surface area contributed by atoms with Crippen molar-refractivity contribution in [3.63, 3.8) is 0 Å². The summed E-state index contributed by atoms with van der Waals surface area (Å²) in [4.78, 5) is 11.5. The highest BCUT2D eigenvalue weighted by Crippen LogP contribution is 2.21. The van der Waals surface area contributed by atoms with Gasteiger partial charge in [-0.05, 0) is 31.6 Å². The Morgan fingerprint density at radius 3 is 2.47 bits per heavy atom. The van der Waals surface area contributed by atoms with E-state index < -0.39 is 0 Å². The van der Waals surface area contributed by atoms with E-state index in [0.29, 0.717) is 12.3 Å². The standard InChI is InChI=1S/C12H23NO2/c1-9(2)11(13)8-12(14)15-10-6-4-3-5-7-10/h9-11H,3-8,13H2,1-2H3. The highest BCUT2D eigenvalue weighted by molar-refractivity contribution is 5.70. The summed E-state index contributed by atoms with van der Waals surface area (Å²) >= 11 is 0. The number of hydrogen-bond acceptors (Lipinski definition) is 3. The number of hydrogen-bond donors (Lipinski definition) is 1. The van der Waals surface area contributed by atoms with Gasteiger partial charge in [0, 0.05) is 6.04 Å². The van der Waals surface area contributed by atoms with E-state index in [1.165, 1.54) is 19.3 Å². The predicted molar refractivity (Wildman–Crippen MR) is 60.4 cm³/mol. The van der Waals surface area contributed by atoms with Crippen molar-refractivity contribution in [3.8, 4) is 0 Å². The van der Waals surface area contributed by atoms with Gasteiger partial charge < -0.3 is 10.5 Å². The van der Waals surface area contributed by atoms with Gasteiger partial charge in [0.15, 0.2) is 0 Å². The van der Waals surface area contributed by atoms with Crippen molar-refractivity contribution in [1.29, 1.82) is 0 Å². The molecule has 1 atom stereocenters. The Kier molecular flexibility index (Phi) is 5.09. The molecule has 15 heavy (non-hydrogen) atoms. The minimum atomic E-state index is -0.122. The lowest BCUT2D eigenvalue weighted by atomic mass is 9.97. The molecule has 1 rings (SSSR count). The zero-order valence-corrected chi connectivity index (χ0v) is 9.87. The molecule has 0 heterocycles. The van der Waals surface area contributed by atoms with Crippen LogP contribution in [-0.4, -0.2) is 18.1 Å². The van der Waals surface area contributed by atoms with E-state index in [1.807, 2.05) is 13.8 Å². The molecule has 0 aromatic carbocycles. The van der Waals surface area contributed by atoms with E-state index >= 15 is 0 Å². The molecule has 88 valence electrons. The van der Waals surface area contributed by atoms with Crippen molar-refractivity contribution in [2.75, 3.05) is 0 Å². The number of carbonyl (C=O) groups is 1. The molecule has 1 unspecified atom stereocenters. The number of nitrogens with two attached hydrogens (primary N) is 1. The summed E-state index contributed by atoms with van der Waals surface area (Å²) < 4.78 is 5.39. The molecule has 1 aliphatic carbocycles. The zero-order valence-electron chi connectivity index (χ0n) is 9.87. The van der Waals surface area contributed by atoms with Gasteiger partial charge in [0.05, 0.1) is 6.42 Å². The van der Waals surface area contributed by atoms with E-state index in [0.717, 1.165) is 12.8 Å². The van der Waals surface area contributed by atoms with Gasteiger partial charge in [-0.15, -0.1) is 0 Å². The quantitative estimate of drug-likeness (QED) is 0.729. The Labute approximate surface area is 92.4 Å². The molecule has 0 spiro atoms. The highest BCUT2D eigenvalue weighted by atomic mass is 16.5. The van der Waals surface area contributed by atoms with Crippen molar-refractivity contribution >= 4 is 5.97 Å². The summed E-state index contributed by atoms with van der Waals surface area (Å²) in [5.74, 6) is 0.215. The minimum absolute atomic E-state index is 0.0684. The van der Waals surface area contributed by atoms with Crippen LogP contribution in [0.4, 0.5) is 0 Å². The van der Waals surface area contributed by atoms with Crippen LogP contribution in [0.3, 0.4) is 0 Å². The summed E-state index contributed by atoms with van der Waals surface area (Å²) in [7, 11) is 0. The van der Waals surface area contributed by atoms with Gasteiger partial charge in [-0.25, -0.2) is 0 Å². The third kappa shape index (κ3) is 4.65. The second kappa shape index (κ2) is 6.11. The lowest BCUT2D eigenvalue weighted by molar-refractivity contribution is -0.151. The van der Waals surface area contributed by atoms with Crippen LogP contribution < -0.4 is 5.73 Å². The molecule has 0 amide bonds. The first kappa shape index (κ1) is 12.5. The molecular formula is C12H23NO2. The molecule has 0 aromatic rings. The maximum absolute atomic E-state index is 11.5. The van der Waals surface area contributed by atoms with Gasteiger partial charge >= 0.3 is 5.97 Å². The third-order valence-electron chi connectivity index (χ3n) is 3.11. The molecule has 3 nitrogen and oxygen atoms in total. The van der Waals surface area contributed by atoms with Crippen LogP contribution in [0.2, 0.25) is 0 Å². The van der Waals surface area contributed by atoms with Gasteiger partial charge in [0.2, 0.25) is 0 Å². The first-order valence-electron chi connectivity index (χ1n) is 6.04. The second-order valence-corrected chi connectivity index (χ2v) is 4.86. The number of carbonyl (C=O) groups excluding carboxylic acids is 1. The number of rotatable bonds is 4. The van der Waals surface area contributed by atoms with Gasteiger partial charge in [-0.3, -0.25) is 4.79 Å². The first-order chi connectivity index (χ1) is 7.09. The topological polar surface area (TPSA) is 52.3 Å². The molecular weight excluding hydrogens is 190 g/mol. The fourth-order valence-electron chi connectivity index (χ4n) is 1.85. The molecule has 0 radical (unpaired) electrons. The van der Waals surface area contributed by atoms with Crippen LogP contribution in [0.5, 0.6) is 0 Å². The van der Waals surface area contributed by atoms with Crippen molar-refractivity contribution in [2.45, 2.75) is 64.5 Å². The summed E-state index contributed by atoms with van der Waals surface area (Å²) in [6.45, 7) is 4.05. The molecule has 1 aliphatic rings. The Morgan fingerprint density at radius 1 is 1.33 bits per heavy atom. The normalized spacial score (nSPS) is 20.3. The molecule has 0 saturated heterocycles. The number of esters is 1. The summed E-state index contributed by atoms with van der Waals surface area (Å²) in [6.07, 6.45) is 6.23. The van der Waals surface area contributed by atoms with E-state index in [4.69, 9.17) is 10.5 Å². The van der Waals surface area contributed by atoms with Crippen LogP contribution in [0.25, 0.3) is 0 Å². The molecule has 3 heteroatoms. The van der Waals surface area contributed by atoms with Crippen LogP contribution in [0.15, 0.2) is 0 Å². The van der Waals surface area contributed by atoms with Crippen molar-refractivity contribution < 1.29 is 9.53 Å². The van der Waals surface area contributed by atoms with Crippen molar-refractivity contribution in [1.82, 2.24) is 0 Å². The lowest BCUT2D eigenvalue weighted by Gasteiger charge is -2.23. The number of ether oxygens (including phenoxy) is 1.